The van der Waals surface area contributed by atoms with Gasteiger partial charge in [-0.25, -0.2) is 0 Å². The molecule has 4 amide bonds. The Morgan fingerprint density at radius 1 is 1.03 bits per heavy atom. The fraction of sp³-hybridized carbons (Fsp3) is 0.167. The lowest BCUT2D eigenvalue weighted by atomic mass is 10.1. The molecule has 0 saturated carbocycles. The van der Waals surface area contributed by atoms with Gasteiger partial charge in [-0.2, -0.15) is 0 Å². The summed E-state index contributed by atoms with van der Waals surface area (Å²) in [5, 5.41) is 3.10. The highest BCUT2D eigenvalue weighted by molar-refractivity contribution is 8.18. The molecule has 1 fully saturated rings. The highest BCUT2D eigenvalue weighted by Crippen LogP contribution is 2.34. The summed E-state index contributed by atoms with van der Waals surface area (Å²) < 4.78 is 1.70. The van der Waals surface area contributed by atoms with Crippen molar-refractivity contribution in [3.63, 3.8) is 0 Å². The number of nitrogens with two attached hydrogens (primary N) is 1. The van der Waals surface area contributed by atoms with Gasteiger partial charge in [0.1, 0.15) is 13.1 Å². The molecule has 0 unspecified atom stereocenters. The van der Waals surface area contributed by atoms with Gasteiger partial charge in [-0.3, -0.25) is 24.1 Å². The number of carbonyl (C=O) groups excluding carboxylic acids is 4. The molecule has 0 radical (unpaired) electrons. The van der Waals surface area contributed by atoms with E-state index in [1.54, 1.807) is 16.8 Å². The summed E-state index contributed by atoms with van der Waals surface area (Å²) in [6.45, 7) is 3.37. The predicted molar refractivity (Wildman–Crippen MR) is 128 cm³/mol. The third-order valence-electron chi connectivity index (χ3n) is 5.35. The van der Waals surface area contributed by atoms with Crippen LogP contribution in [0, 0.1) is 13.8 Å². The number of aryl methyl sites for hydroxylation is 2. The lowest BCUT2D eigenvalue weighted by Crippen LogP contribution is -2.36. The van der Waals surface area contributed by atoms with E-state index in [1.807, 2.05) is 56.3 Å². The maximum Gasteiger partial charge on any atom is 0.294 e. The Morgan fingerprint density at radius 2 is 1.73 bits per heavy atom. The summed E-state index contributed by atoms with van der Waals surface area (Å²) in [5.41, 5.74) is 9.27. The summed E-state index contributed by atoms with van der Waals surface area (Å²) in [6, 6.07) is 13.0. The molecule has 0 aliphatic carbocycles. The third-order valence-corrected chi connectivity index (χ3v) is 6.26. The van der Waals surface area contributed by atoms with Crippen molar-refractivity contribution in [3.8, 4) is 0 Å². The molecule has 0 atom stereocenters. The van der Waals surface area contributed by atoms with Gasteiger partial charge >= 0.3 is 0 Å². The first kappa shape index (κ1) is 22.3. The molecule has 0 spiro atoms. The molecule has 4 rings (SSSR count). The summed E-state index contributed by atoms with van der Waals surface area (Å²) in [5.74, 6) is -1.47. The Hall–Kier alpha value is -3.85. The van der Waals surface area contributed by atoms with E-state index in [1.165, 1.54) is 0 Å². The Labute approximate surface area is 194 Å². The molecule has 1 saturated heterocycles. The number of nitrogens with zero attached hydrogens (tertiary/aromatic N) is 2. The Kier molecular flexibility index (Phi) is 6.06. The number of amides is 4. The van der Waals surface area contributed by atoms with Gasteiger partial charge in [0.2, 0.25) is 11.8 Å². The van der Waals surface area contributed by atoms with Crippen LogP contribution in [-0.4, -0.2) is 39.0 Å². The zero-order valence-corrected chi connectivity index (χ0v) is 18.9. The SMILES string of the molecule is Cc1cccc(C)c1NC(=O)CN1C(=O)S/C(=C\c2cn(CC(N)=O)c3ccccc23)C1=O. The van der Waals surface area contributed by atoms with Crippen LogP contribution >= 0.6 is 11.8 Å². The maximum absolute atomic E-state index is 12.9. The van der Waals surface area contributed by atoms with Gasteiger partial charge in [0.15, 0.2) is 0 Å². The van der Waals surface area contributed by atoms with Crippen molar-refractivity contribution in [2.45, 2.75) is 20.4 Å². The number of fused-ring (bicyclic) bond motifs is 1. The monoisotopic (exact) mass is 462 g/mol. The zero-order chi connectivity index (χ0) is 23.7. The van der Waals surface area contributed by atoms with Crippen LogP contribution < -0.4 is 11.1 Å². The summed E-state index contributed by atoms with van der Waals surface area (Å²) >= 11 is 0.781. The first-order chi connectivity index (χ1) is 15.7. The average Bonchev–Trinajstić information content (AvgIpc) is 3.23. The first-order valence-electron chi connectivity index (χ1n) is 10.2. The molecule has 2 heterocycles. The standard InChI is InChI=1S/C24H22N4O4S/c1-14-6-5-7-15(2)22(14)26-21(30)13-28-23(31)19(33-24(28)32)10-16-11-27(12-20(25)29)18-9-4-3-8-17(16)18/h3-11H,12-13H2,1-2H3,(H2,25,29)(H,26,30)/b19-10-. The summed E-state index contributed by atoms with van der Waals surface area (Å²) in [7, 11) is 0. The van der Waals surface area contributed by atoms with E-state index in [-0.39, 0.29) is 18.0 Å². The number of thioether (sulfide) groups is 1. The molecule has 0 bridgehead atoms. The molecule has 33 heavy (non-hydrogen) atoms. The van der Waals surface area contributed by atoms with Crippen LogP contribution in [0.4, 0.5) is 10.5 Å². The highest BCUT2D eigenvalue weighted by Gasteiger charge is 2.36. The summed E-state index contributed by atoms with van der Waals surface area (Å²) in [6.07, 6.45) is 3.32. The van der Waals surface area contributed by atoms with Gasteiger partial charge in [0.25, 0.3) is 11.1 Å². The van der Waals surface area contributed by atoms with Gasteiger partial charge in [0, 0.05) is 28.4 Å². The van der Waals surface area contributed by atoms with Crippen LogP contribution in [0.15, 0.2) is 53.6 Å². The molecule has 1 aliphatic heterocycles. The van der Waals surface area contributed by atoms with Crippen molar-refractivity contribution < 1.29 is 19.2 Å². The van der Waals surface area contributed by atoms with E-state index in [0.717, 1.165) is 38.7 Å². The molecular weight excluding hydrogens is 440 g/mol. The van der Waals surface area contributed by atoms with E-state index in [0.29, 0.717) is 11.3 Å². The van der Waals surface area contributed by atoms with Crippen molar-refractivity contribution >= 4 is 57.4 Å². The molecule has 1 aromatic heterocycles. The van der Waals surface area contributed by atoms with Crippen molar-refractivity contribution in [2.24, 2.45) is 5.73 Å². The minimum absolute atomic E-state index is 0.00563. The molecule has 8 nitrogen and oxygen atoms in total. The van der Waals surface area contributed by atoms with Crippen LogP contribution in [-0.2, 0) is 20.9 Å². The minimum atomic E-state index is -0.534. The third kappa shape index (κ3) is 4.54. The number of para-hydroxylation sites is 2. The predicted octanol–water partition coefficient (Wildman–Crippen LogP) is 3.42. The largest absolute Gasteiger partial charge is 0.368 e. The number of anilines is 1. The van der Waals surface area contributed by atoms with Crippen molar-refractivity contribution in [3.05, 3.63) is 70.3 Å². The molecule has 168 valence electrons. The lowest BCUT2D eigenvalue weighted by Gasteiger charge is -2.15. The van der Waals surface area contributed by atoms with Crippen molar-refractivity contribution in [1.29, 1.82) is 0 Å². The number of carbonyl (C=O) groups is 4. The van der Waals surface area contributed by atoms with Gasteiger partial charge in [-0.05, 0) is 48.9 Å². The molecule has 1 aliphatic rings. The summed E-state index contributed by atoms with van der Waals surface area (Å²) in [4.78, 5) is 50.6. The zero-order valence-electron chi connectivity index (χ0n) is 18.1. The maximum atomic E-state index is 12.9. The van der Waals surface area contributed by atoms with E-state index in [4.69, 9.17) is 5.73 Å². The molecular formula is C24H22N4O4S. The van der Waals surface area contributed by atoms with Gasteiger partial charge in [-0.1, -0.05) is 36.4 Å². The number of nitrogens with one attached hydrogen (secondary N) is 1. The first-order valence-corrected chi connectivity index (χ1v) is 11.0. The van der Waals surface area contributed by atoms with Crippen LogP contribution in [0.3, 0.4) is 0 Å². The van der Waals surface area contributed by atoms with E-state index in [9.17, 15) is 19.2 Å². The van der Waals surface area contributed by atoms with Gasteiger partial charge in [-0.15, -0.1) is 0 Å². The van der Waals surface area contributed by atoms with Crippen LogP contribution in [0.2, 0.25) is 0 Å². The fourth-order valence-corrected chi connectivity index (χ4v) is 4.63. The molecule has 3 N–H and O–H groups in total. The molecule has 9 heteroatoms. The fourth-order valence-electron chi connectivity index (χ4n) is 3.80. The number of hydrogen-bond acceptors (Lipinski definition) is 5. The van der Waals surface area contributed by atoms with Crippen LogP contribution in [0.5, 0.6) is 0 Å². The smallest absolute Gasteiger partial charge is 0.294 e. The number of primary amides is 1. The van der Waals surface area contributed by atoms with Gasteiger partial charge < -0.3 is 15.6 Å². The number of benzene rings is 2. The normalized spacial score (nSPS) is 15.0. The Morgan fingerprint density at radius 3 is 2.42 bits per heavy atom. The highest BCUT2D eigenvalue weighted by atomic mass is 32.2. The van der Waals surface area contributed by atoms with E-state index < -0.39 is 23.0 Å². The molecule has 3 aromatic rings. The van der Waals surface area contributed by atoms with E-state index in [2.05, 4.69) is 5.32 Å². The average molecular weight is 463 g/mol. The lowest BCUT2D eigenvalue weighted by molar-refractivity contribution is -0.127. The quantitative estimate of drug-likeness (QED) is 0.545. The number of imide groups is 1. The van der Waals surface area contributed by atoms with Crippen molar-refractivity contribution in [2.75, 3.05) is 11.9 Å². The van der Waals surface area contributed by atoms with Gasteiger partial charge in [0.05, 0.1) is 4.91 Å². The second kappa shape index (κ2) is 8.95. The van der Waals surface area contributed by atoms with Crippen LogP contribution in [0.25, 0.3) is 17.0 Å². The minimum Gasteiger partial charge on any atom is -0.368 e. The topological polar surface area (TPSA) is 114 Å². The number of aromatic nitrogens is 1. The second-order valence-electron chi connectivity index (χ2n) is 7.78. The van der Waals surface area contributed by atoms with E-state index >= 15 is 0 Å². The van der Waals surface area contributed by atoms with Crippen LogP contribution in [0.1, 0.15) is 16.7 Å². The van der Waals surface area contributed by atoms with Crippen molar-refractivity contribution in [1.82, 2.24) is 9.47 Å². The Balaban J connectivity index is 1.56. The number of rotatable bonds is 6. The second-order valence-corrected chi connectivity index (χ2v) is 8.77. The Bertz CT molecular complexity index is 1320. The molecule has 2 aromatic carbocycles. The number of hydrogen-bond donors (Lipinski definition) is 2.